The minimum Gasteiger partial charge on any atom is -0.497 e. The van der Waals surface area contributed by atoms with Crippen molar-refractivity contribution in [1.82, 2.24) is 5.32 Å². The van der Waals surface area contributed by atoms with Crippen LogP contribution in [0, 0.1) is 0 Å². The normalized spacial score (nSPS) is 19.2. The van der Waals surface area contributed by atoms with Crippen LogP contribution in [-0.4, -0.2) is 36.5 Å². The monoisotopic (exact) mass is 279 g/mol. The van der Waals surface area contributed by atoms with Crippen molar-refractivity contribution in [3.8, 4) is 11.5 Å². The Balaban J connectivity index is 1.90. The highest BCUT2D eigenvalue weighted by atomic mass is 16.5. The van der Waals surface area contributed by atoms with Gasteiger partial charge < -0.3 is 19.9 Å². The highest BCUT2D eigenvalue weighted by Crippen LogP contribution is 2.26. The molecule has 4 nitrogen and oxygen atoms in total. The Bertz CT molecular complexity index is 433. The van der Waals surface area contributed by atoms with Gasteiger partial charge in [0, 0.05) is 24.1 Å². The summed E-state index contributed by atoms with van der Waals surface area (Å²) in [6.45, 7) is 4.20. The molecule has 0 bridgehead atoms. The fourth-order valence-corrected chi connectivity index (χ4v) is 2.47. The van der Waals surface area contributed by atoms with Crippen molar-refractivity contribution in [1.29, 1.82) is 0 Å². The Morgan fingerprint density at radius 2 is 2.10 bits per heavy atom. The van der Waals surface area contributed by atoms with Crippen molar-refractivity contribution >= 4 is 0 Å². The molecule has 0 amide bonds. The maximum atomic E-state index is 9.62. The van der Waals surface area contributed by atoms with Gasteiger partial charge in [-0.15, -0.1) is 0 Å². The zero-order valence-corrected chi connectivity index (χ0v) is 12.6. The molecule has 20 heavy (non-hydrogen) atoms. The molecule has 2 rings (SSSR count). The van der Waals surface area contributed by atoms with Crippen molar-refractivity contribution in [2.75, 3.05) is 13.7 Å². The predicted molar refractivity (Wildman–Crippen MR) is 79.3 cm³/mol. The number of aliphatic hydroxyl groups is 1. The van der Waals surface area contributed by atoms with E-state index in [2.05, 4.69) is 12.2 Å². The number of aliphatic hydroxyl groups excluding tert-OH is 1. The molecular weight excluding hydrogens is 254 g/mol. The van der Waals surface area contributed by atoms with Crippen LogP contribution < -0.4 is 14.8 Å². The van der Waals surface area contributed by atoms with Gasteiger partial charge in [-0.2, -0.15) is 0 Å². The van der Waals surface area contributed by atoms with Gasteiger partial charge in [0.1, 0.15) is 11.5 Å². The van der Waals surface area contributed by atoms with E-state index in [1.807, 2.05) is 31.2 Å². The van der Waals surface area contributed by atoms with Gasteiger partial charge in [0.05, 0.1) is 19.8 Å². The van der Waals surface area contributed by atoms with Gasteiger partial charge in [-0.05, 0) is 38.8 Å². The van der Waals surface area contributed by atoms with Crippen LogP contribution in [0.15, 0.2) is 24.3 Å². The summed E-state index contributed by atoms with van der Waals surface area (Å²) in [5, 5.41) is 13.1. The number of nitrogens with one attached hydrogen (secondary N) is 1. The van der Waals surface area contributed by atoms with Gasteiger partial charge in [0.15, 0.2) is 0 Å². The molecule has 4 heteroatoms. The number of methoxy groups -OCH3 is 1. The molecule has 112 valence electrons. The van der Waals surface area contributed by atoms with E-state index in [0.29, 0.717) is 6.04 Å². The van der Waals surface area contributed by atoms with E-state index >= 15 is 0 Å². The summed E-state index contributed by atoms with van der Waals surface area (Å²) in [5.41, 5.74) is -0.278. The van der Waals surface area contributed by atoms with E-state index in [9.17, 15) is 5.11 Å². The summed E-state index contributed by atoms with van der Waals surface area (Å²) in [6.07, 6.45) is 3.20. The molecule has 0 spiro atoms. The second kappa shape index (κ2) is 6.46. The maximum absolute atomic E-state index is 9.62. The molecule has 0 aromatic heterocycles. The van der Waals surface area contributed by atoms with Crippen LogP contribution in [0.2, 0.25) is 0 Å². The van der Waals surface area contributed by atoms with Crippen LogP contribution in [0.3, 0.4) is 0 Å². The Morgan fingerprint density at radius 1 is 1.40 bits per heavy atom. The number of hydrogen-bond donors (Lipinski definition) is 2. The van der Waals surface area contributed by atoms with E-state index in [1.165, 1.54) is 12.8 Å². The molecule has 2 N–H and O–H groups in total. The van der Waals surface area contributed by atoms with E-state index in [1.54, 1.807) is 7.11 Å². The largest absolute Gasteiger partial charge is 0.497 e. The molecule has 0 heterocycles. The molecule has 1 aliphatic rings. The van der Waals surface area contributed by atoms with Gasteiger partial charge in [-0.1, -0.05) is 6.07 Å². The van der Waals surface area contributed by atoms with Gasteiger partial charge in [0.25, 0.3) is 0 Å². The third-order valence-corrected chi connectivity index (χ3v) is 3.60. The molecule has 1 aromatic rings. The number of hydrogen-bond acceptors (Lipinski definition) is 4. The number of rotatable bonds is 8. The Kier molecular flexibility index (Phi) is 4.89. The van der Waals surface area contributed by atoms with E-state index in [0.717, 1.165) is 17.9 Å². The average molecular weight is 279 g/mol. The van der Waals surface area contributed by atoms with Crippen LogP contribution in [0.4, 0.5) is 0 Å². The topological polar surface area (TPSA) is 50.7 Å². The summed E-state index contributed by atoms with van der Waals surface area (Å²) in [5.74, 6) is 1.58. The Morgan fingerprint density at radius 3 is 2.70 bits per heavy atom. The first kappa shape index (κ1) is 15.1. The minimum atomic E-state index is -0.278. The molecule has 0 saturated heterocycles. The van der Waals surface area contributed by atoms with Crippen LogP contribution in [0.5, 0.6) is 11.5 Å². The third kappa shape index (κ3) is 4.39. The van der Waals surface area contributed by atoms with E-state index in [-0.39, 0.29) is 18.2 Å². The second-order valence-electron chi connectivity index (χ2n) is 5.95. The lowest BCUT2D eigenvalue weighted by molar-refractivity contribution is 0.108. The van der Waals surface area contributed by atoms with Crippen molar-refractivity contribution in [3.63, 3.8) is 0 Å². The van der Waals surface area contributed by atoms with Crippen LogP contribution in [-0.2, 0) is 0 Å². The molecule has 1 aliphatic carbocycles. The molecular formula is C16H25NO3. The summed E-state index contributed by atoms with van der Waals surface area (Å²) in [6, 6.07) is 8.17. The van der Waals surface area contributed by atoms with Crippen molar-refractivity contribution in [3.05, 3.63) is 24.3 Å². The molecule has 0 radical (unpaired) electrons. The highest BCUT2D eigenvalue weighted by Gasteiger charge is 2.33. The second-order valence-corrected chi connectivity index (χ2v) is 5.95. The first-order valence-corrected chi connectivity index (χ1v) is 7.24. The Labute approximate surface area is 121 Å². The van der Waals surface area contributed by atoms with Gasteiger partial charge in [0.2, 0.25) is 0 Å². The van der Waals surface area contributed by atoms with Gasteiger partial charge in [-0.25, -0.2) is 0 Å². The summed E-state index contributed by atoms with van der Waals surface area (Å²) in [7, 11) is 1.64. The zero-order chi connectivity index (χ0) is 14.6. The number of benzene rings is 1. The first-order chi connectivity index (χ1) is 9.54. The van der Waals surface area contributed by atoms with E-state index in [4.69, 9.17) is 9.47 Å². The maximum Gasteiger partial charge on any atom is 0.123 e. The standard InChI is InChI=1S/C16H25NO3/c1-12(10-16(2,11-18)17-13-7-8-13)20-15-6-4-5-14(9-15)19-3/h4-6,9,12-13,17-18H,7-8,10-11H2,1-3H3. The van der Waals surface area contributed by atoms with Gasteiger partial charge >= 0.3 is 0 Å². The van der Waals surface area contributed by atoms with Crippen LogP contribution >= 0.6 is 0 Å². The summed E-state index contributed by atoms with van der Waals surface area (Å²) >= 11 is 0. The summed E-state index contributed by atoms with van der Waals surface area (Å²) < 4.78 is 11.1. The summed E-state index contributed by atoms with van der Waals surface area (Å²) in [4.78, 5) is 0. The lowest BCUT2D eigenvalue weighted by Crippen LogP contribution is -2.49. The quantitative estimate of drug-likeness (QED) is 0.767. The van der Waals surface area contributed by atoms with E-state index < -0.39 is 0 Å². The first-order valence-electron chi connectivity index (χ1n) is 7.24. The van der Waals surface area contributed by atoms with Crippen molar-refractivity contribution < 1.29 is 14.6 Å². The van der Waals surface area contributed by atoms with Crippen molar-refractivity contribution in [2.45, 2.75) is 50.8 Å². The highest BCUT2D eigenvalue weighted by molar-refractivity contribution is 5.32. The molecule has 0 aliphatic heterocycles. The molecule has 1 aromatic carbocycles. The molecule has 2 unspecified atom stereocenters. The molecule has 2 atom stereocenters. The Hall–Kier alpha value is -1.26. The average Bonchev–Trinajstić information content (AvgIpc) is 3.22. The lowest BCUT2D eigenvalue weighted by atomic mass is 9.95. The van der Waals surface area contributed by atoms with Crippen LogP contribution in [0.1, 0.15) is 33.1 Å². The smallest absolute Gasteiger partial charge is 0.123 e. The predicted octanol–water partition coefficient (Wildman–Crippen LogP) is 2.36. The molecule has 1 fully saturated rings. The molecule has 1 saturated carbocycles. The zero-order valence-electron chi connectivity index (χ0n) is 12.6. The van der Waals surface area contributed by atoms with Crippen LogP contribution in [0.25, 0.3) is 0 Å². The third-order valence-electron chi connectivity index (χ3n) is 3.60. The van der Waals surface area contributed by atoms with Gasteiger partial charge in [-0.3, -0.25) is 0 Å². The fourth-order valence-electron chi connectivity index (χ4n) is 2.47. The van der Waals surface area contributed by atoms with Crippen molar-refractivity contribution in [2.24, 2.45) is 0 Å². The lowest BCUT2D eigenvalue weighted by Gasteiger charge is -2.32. The fraction of sp³-hybridized carbons (Fsp3) is 0.625. The number of ether oxygens (including phenoxy) is 2. The minimum absolute atomic E-state index is 0.0190. The SMILES string of the molecule is COc1cccc(OC(C)CC(C)(CO)NC2CC2)c1.